The molecule has 0 saturated carbocycles. The van der Waals surface area contributed by atoms with Crippen molar-refractivity contribution in [2.75, 3.05) is 45.8 Å². The molecule has 142 valence electrons. The molecule has 0 unspecified atom stereocenters. The van der Waals surface area contributed by atoms with Gasteiger partial charge in [0.05, 0.1) is 13.2 Å². The number of nitriles is 1. The molecule has 0 aromatic heterocycles. The lowest BCUT2D eigenvalue weighted by Gasteiger charge is -2.20. The number of aryl methyl sites for hydroxylation is 2. The third-order valence-electron chi connectivity index (χ3n) is 4.08. The predicted molar refractivity (Wildman–Crippen MR) is 103 cm³/mol. The van der Waals surface area contributed by atoms with Gasteiger partial charge in [-0.3, -0.25) is 4.79 Å². The number of benzene rings is 1. The van der Waals surface area contributed by atoms with Crippen molar-refractivity contribution < 1.29 is 14.3 Å². The van der Waals surface area contributed by atoms with Gasteiger partial charge in [0.25, 0.3) is 5.91 Å². The quantitative estimate of drug-likeness (QED) is 0.486. The molecule has 0 saturated heterocycles. The summed E-state index contributed by atoms with van der Waals surface area (Å²) in [6, 6.07) is 7.99. The first-order valence-corrected chi connectivity index (χ1v) is 8.87. The normalized spacial score (nSPS) is 11.1. The van der Waals surface area contributed by atoms with Gasteiger partial charge in [0, 0.05) is 39.2 Å². The molecular weight excluding hydrogens is 330 g/mol. The van der Waals surface area contributed by atoms with Crippen LogP contribution in [0.1, 0.15) is 25.0 Å². The second-order valence-corrected chi connectivity index (χ2v) is 5.79. The molecule has 1 amide bonds. The van der Waals surface area contributed by atoms with Crippen LogP contribution in [0.3, 0.4) is 0 Å². The van der Waals surface area contributed by atoms with E-state index < -0.39 is 5.91 Å². The Bertz CT molecular complexity index is 620. The Hall–Kier alpha value is -2.36. The van der Waals surface area contributed by atoms with Crippen LogP contribution in [0.5, 0.6) is 0 Å². The van der Waals surface area contributed by atoms with E-state index in [1.54, 1.807) is 20.4 Å². The number of nitrogens with one attached hydrogen (secondary N) is 1. The first kappa shape index (κ1) is 21.7. The highest BCUT2D eigenvalue weighted by Crippen LogP contribution is 2.23. The van der Waals surface area contributed by atoms with Crippen molar-refractivity contribution in [1.82, 2.24) is 4.90 Å². The number of nitrogens with zero attached hydrogens (tertiary/aromatic N) is 2. The van der Waals surface area contributed by atoms with Crippen molar-refractivity contribution in [3.05, 3.63) is 41.1 Å². The topological polar surface area (TPSA) is 74.6 Å². The van der Waals surface area contributed by atoms with Gasteiger partial charge in [0.1, 0.15) is 11.6 Å². The molecule has 0 aliphatic carbocycles. The summed E-state index contributed by atoms with van der Waals surface area (Å²) in [5.74, 6) is -0.400. The van der Waals surface area contributed by atoms with Crippen molar-refractivity contribution in [3.8, 4) is 6.07 Å². The summed E-state index contributed by atoms with van der Waals surface area (Å²) in [7, 11) is 3.23. The average molecular weight is 359 g/mol. The number of hydrogen-bond donors (Lipinski definition) is 1. The number of hydrogen-bond acceptors (Lipinski definition) is 5. The highest BCUT2D eigenvalue weighted by molar-refractivity contribution is 6.07. The first-order valence-electron chi connectivity index (χ1n) is 8.87. The summed E-state index contributed by atoms with van der Waals surface area (Å²) in [4.78, 5) is 14.5. The maximum Gasteiger partial charge on any atom is 0.267 e. The van der Waals surface area contributed by atoms with E-state index in [1.165, 1.54) is 0 Å². The monoisotopic (exact) mass is 359 g/mol. The van der Waals surface area contributed by atoms with E-state index in [0.29, 0.717) is 26.3 Å². The van der Waals surface area contributed by atoms with Gasteiger partial charge in [0.2, 0.25) is 0 Å². The highest BCUT2D eigenvalue weighted by atomic mass is 16.5. The number of carbonyl (C=O) groups excluding carboxylic acids is 1. The number of rotatable bonds is 11. The molecule has 0 atom stereocenters. The third kappa shape index (κ3) is 6.51. The van der Waals surface area contributed by atoms with Gasteiger partial charge in [0.15, 0.2) is 0 Å². The molecule has 26 heavy (non-hydrogen) atoms. The van der Waals surface area contributed by atoms with Crippen LogP contribution in [-0.4, -0.2) is 51.3 Å². The van der Waals surface area contributed by atoms with E-state index >= 15 is 0 Å². The largest absolute Gasteiger partial charge is 0.383 e. The van der Waals surface area contributed by atoms with Gasteiger partial charge in [-0.2, -0.15) is 5.26 Å². The van der Waals surface area contributed by atoms with E-state index in [4.69, 9.17) is 9.47 Å². The Morgan fingerprint density at radius 2 is 1.69 bits per heavy atom. The van der Waals surface area contributed by atoms with Gasteiger partial charge in [-0.25, -0.2) is 0 Å². The summed E-state index contributed by atoms with van der Waals surface area (Å²) >= 11 is 0. The Kier molecular flexibility index (Phi) is 10.1. The maximum atomic E-state index is 12.7. The van der Waals surface area contributed by atoms with E-state index in [0.717, 1.165) is 29.7 Å². The van der Waals surface area contributed by atoms with E-state index in [9.17, 15) is 10.1 Å². The fraction of sp³-hybridized carbons (Fsp3) is 0.500. The second-order valence-electron chi connectivity index (χ2n) is 5.79. The van der Waals surface area contributed by atoms with Crippen LogP contribution in [0, 0.1) is 11.3 Å². The Labute approximate surface area is 156 Å². The summed E-state index contributed by atoms with van der Waals surface area (Å²) < 4.78 is 10.2. The van der Waals surface area contributed by atoms with Gasteiger partial charge < -0.3 is 19.7 Å². The molecule has 0 spiro atoms. The summed E-state index contributed by atoms with van der Waals surface area (Å²) in [6.45, 7) is 6.23. The Morgan fingerprint density at radius 1 is 1.15 bits per heavy atom. The van der Waals surface area contributed by atoms with Crippen LogP contribution in [0.25, 0.3) is 0 Å². The minimum Gasteiger partial charge on any atom is -0.383 e. The Morgan fingerprint density at radius 3 is 2.12 bits per heavy atom. The molecule has 0 heterocycles. The molecule has 0 fully saturated rings. The van der Waals surface area contributed by atoms with Crippen molar-refractivity contribution in [2.45, 2.75) is 26.7 Å². The zero-order chi connectivity index (χ0) is 19.4. The van der Waals surface area contributed by atoms with Gasteiger partial charge in [-0.05, 0) is 24.0 Å². The summed E-state index contributed by atoms with van der Waals surface area (Å²) in [6.07, 6.45) is 3.19. The van der Waals surface area contributed by atoms with Crippen molar-refractivity contribution in [3.63, 3.8) is 0 Å². The lowest BCUT2D eigenvalue weighted by Crippen LogP contribution is -2.28. The Balaban J connectivity index is 3.02. The predicted octanol–water partition coefficient (Wildman–Crippen LogP) is 2.75. The van der Waals surface area contributed by atoms with Crippen molar-refractivity contribution in [1.29, 1.82) is 5.26 Å². The molecule has 0 aliphatic heterocycles. The maximum absolute atomic E-state index is 12.7. The van der Waals surface area contributed by atoms with Crippen LogP contribution in [-0.2, 0) is 27.1 Å². The van der Waals surface area contributed by atoms with Gasteiger partial charge in [-0.1, -0.05) is 32.0 Å². The van der Waals surface area contributed by atoms with Crippen molar-refractivity contribution >= 4 is 11.6 Å². The number of para-hydroxylation sites is 1. The fourth-order valence-electron chi connectivity index (χ4n) is 2.56. The SMILES string of the molecule is CCc1cccc(CC)c1NC(=O)/C(C#N)=C\N(CCOC)CCOC. The smallest absolute Gasteiger partial charge is 0.267 e. The molecule has 1 N–H and O–H groups in total. The average Bonchev–Trinajstić information content (AvgIpc) is 2.67. The summed E-state index contributed by atoms with van der Waals surface area (Å²) in [5.41, 5.74) is 2.99. The van der Waals surface area contributed by atoms with Crippen LogP contribution in [0.2, 0.25) is 0 Å². The molecular formula is C20H29N3O3. The summed E-state index contributed by atoms with van der Waals surface area (Å²) in [5, 5.41) is 12.4. The molecule has 6 nitrogen and oxygen atoms in total. The highest BCUT2D eigenvalue weighted by Gasteiger charge is 2.15. The molecule has 1 aromatic rings. The lowest BCUT2D eigenvalue weighted by molar-refractivity contribution is -0.112. The third-order valence-corrected chi connectivity index (χ3v) is 4.08. The van der Waals surface area contributed by atoms with E-state index in [-0.39, 0.29) is 5.57 Å². The molecule has 0 radical (unpaired) electrons. The number of amides is 1. The fourth-order valence-corrected chi connectivity index (χ4v) is 2.56. The van der Waals surface area contributed by atoms with Crippen LogP contribution in [0.15, 0.2) is 30.0 Å². The van der Waals surface area contributed by atoms with Crippen LogP contribution < -0.4 is 5.32 Å². The zero-order valence-electron chi connectivity index (χ0n) is 16.2. The molecule has 6 heteroatoms. The minimum atomic E-state index is -0.400. The van der Waals surface area contributed by atoms with E-state index in [1.807, 2.05) is 43.0 Å². The van der Waals surface area contributed by atoms with Crippen molar-refractivity contribution in [2.24, 2.45) is 0 Å². The lowest BCUT2D eigenvalue weighted by atomic mass is 10.0. The molecule has 1 rings (SSSR count). The molecule has 1 aromatic carbocycles. The van der Waals surface area contributed by atoms with Gasteiger partial charge in [-0.15, -0.1) is 0 Å². The standard InChI is InChI=1S/C20H29N3O3/c1-5-16-8-7-9-17(6-2)19(16)22-20(24)18(14-21)15-23(10-12-25-3)11-13-26-4/h7-9,15H,5-6,10-13H2,1-4H3,(H,22,24)/b18-15-. The van der Waals surface area contributed by atoms with Gasteiger partial charge >= 0.3 is 0 Å². The minimum absolute atomic E-state index is 0.0603. The first-order chi connectivity index (χ1) is 12.6. The number of anilines is 1. The van der Waals surface area contributed by atoms with Crippen LogP contribution in [0.4, 0.5) is 5.69 Å². The zero-order valence-corrected chi connectivity index (χ0v) is 16.2. The van der Waals surface area contributed by atoms with E-state index in [2.05, 4.69) is 5.32 Å². The molecule has 0 bridgehead atoms. The second kappa shape index (κ2) is 12.1. The van der Waals surface area contributed by atoms with Crippen LogP contribution >= 0.6 is 0 Å². The number of methoxy groups -OCH3 is 2. The number of carbonyl (C=O) groups is 1. The number of ether oxygens (including phenoxy) is 2. The molecule has 0 aliphatic rings.